The third-order valence-corrected chi connectivity index (χ3v) is 4.44. The Balaban J connectivity index is 2.29. The monoisotopic (exact) mass is 299 g/mol. The molecular formula is C13H21N3O3S. The Bertz CT molecular complexity index is 572. The second-order valence-corrected chi connectivity index (χ2v) is 6.43. The highest BCUT2D eigenvalue weighted by molar-refractivity contribution is 7.89. The van der Waals surface area contributed by atoms with Crippen molar-refractivity contribution < 1.29 is 13.2 Å². The van der Waals surface area contributed by atoms with Gasteiger partial charge >= 0.3 is 0 Å². The predicted octanol–water partition coefficient (Wildman–Crippen LogP) is 0.922. The predicted molar refractivity (Wildman–Crippen MR) is 79.1 cm³/mol. The maximum atomic E-state index is 11.5. The number of hydrogen-bond donors (Lipinski definition) is 2. The van der Waals surface area contributed by atoms with Gasteiger partial charge in [0.1, 0.15) is 4.90 Å². The van der Waals surface area contributed by atoms with E-state index in [1.807, 2.05) is 13.0 Å². The fourth-order valence-corrected chi connectivity index (χ4v) is 3.26. The summed E-state index contributed by atoms with van der Waals surface area (Å²) in [7, 11) is -3.80. The maximum Gasteiger partial charge on any atom is 0.240 e. The first-order chi connectivity index (χ1) is 9.43. The number of anilines is 2. The van der Waals surface area contributed by atoms with Gasteiger partial charge in [-0.1, -0.05) is 6.07 Å². The van der Waals surface area contributed by atoms with E-state index in [-0.39, 0.29) is 16.7 Å². The molecule has 0 spiro atoms. The standard InChI is InChI=1S/C13H21N3O3S/c1-2-19-10-5-4-8-16(9-10)11-6-3-7-12(13(11)14)20(15,17)18/h3,6-7,10H,2,4-5,8-9,14H2,1H3,(H2,15,17,18). The summed E-state index contributed by atoms with van der Waals surface area (Å²) >= 11 is 0. The van der Waals surface area contributed by atoms with Gasteiger partial charge < -0.3 is 15.4 Å². The highest BCUT2D eigenvalue weighted by atomic mass is 32.2. The van der Waals surface area contributed by atoms with E-state index in [0.717, 1.165) is 19.4 Å². The summed E-state index contributed by atoms with van der Waals surface area (Å²) in [5, 5.41) is 5.18. The number of nitrogens with zero attached hydrogens (tertiary/aromatic N) is 1. The summed E-state index contributed by atoms with van der Waals surface area (Å²) < 4.78 is 28.7. The summed E-state index contributed by atoms with van der Waals surface area (Å²) in [6, 6.07) is 4.91. The van der Waals surface area contributed by atoms with E-state index in [1.54, 1.807) is 6.07 Å². The van der Waals surface area contributed by atoms with Gasteiger partial charge in [-0.2, -0.15) is 0 Å². The molecule has 1 aliphatic rings. The van der Waals surface area contributed by atoms with Gasteiger partial charge in [0.05, 0.1) is 17.5 Å². The van der Waals surface area contributed by atoms with Crippen LogP contribution in [0, 0.1) is 0 Å². The average Bonchev–Trinajstić information content (AvgIpc) is 2.38. The molecule has 0 saturated carbocycles. The van der Waals surface area contributed by atoms with Gasteiger partial charge in [-0.15, -0.1) is 0 Å². The Morgan fingerprint density at radius 2 is 2.20 bits per heavy atom. The van der Waals surface area contributed by atoms with Crippen LogP contribution in [-0.4, -0.2) is 34.2 Å². The van der Waals surface area contributed by atoms with Crippen molar-refractivity contribution in [3.05, 3.63) is 18.2 Å². The van der Waals surface area contributed by atoms with Gasteiger partial charge in [0.15, 0.2) is 0 Å². The summed E-state index contributed by atoms with van der Waals surface area (Å²) in [6.07, 6.45) is 2.16. The van der Waals surface area contributed by atoms with Crippen molar-refractivity contribution in [2.75, 3.05) is 30.3 Å². The number of ether oxygens (including phenoxy) is 1. The molecule has 4 N–H and O–H groups in total. The third kappa shape index (κ3) is 3.23. The van der Waals surface area contributed by atoms with Crippen LogP contribution >= 0.6 is 0 Å². The average molecular weight is 299 g/mol. The molecule has 0 radical (unpaired) electrons. The first kappa shape index (κ1) is 15.1. The van der Waals surface area contributed by atoms with Crippen molar-refractivity contribution in [3.63, 3.8) is 0 Å². The number of primary sulfonamides is 1. The molecule has 1 fully saturated rings. The van der Waals surface area contributed by atoms with E-state index >= 15 is 0 Å². The van der Waals surface area contributed by atoms with Gasteiger partial charge in [-0.25, -0.2) is 13.6 Å². The van der Waals surface area contributed by atoms with Gasteiger partial charge in [-0.3, -0.25) is 0 Å². The van der Waals surface area contributed by atoms with Gasteiger partial charge in [0, 0.05) is 19.7 Å². The fourth-order valence-electron chi connectivity index (χ4n) is 2.59. The molecule has 112 valence electrons. The minimum Gasteiger partial charge on any atom is -0.396 e. The van der Waals surface area contributed by atoms with Crippen molar-refractivity contribution in [1.29, 1.82) is 0 Å². The normalized spacial score (nSPS) is 20.1. The van der Waals surface area contributed by atoms with Crippen LogP contribution in [0.15, 0.2) is 23.1 Å². The van der Waals surface area contributed by atoms with E-state index in [1.165, 1.54) is 6.07 Å². The van der Waals surface area contributed by atoms with Crippen molar-refractivity contribution in [2.24, 2.45) is 5.14 Å². The Morgan fingerprint density at radius 3 is 2.85 bits per heavy atom. The summed E-state index contributed by atoms with van der Waals surface area (Å²) in [5.74, 6) is 0. The van der Waals surface area contributed by atoms with Crippen LogP contribution in [0.25, 0.3) is 0 Å². The number of para-hydroxylation sites is 1. The number of benzene rings is 1. The molecule has 1 heterocycles. The molecule has 1 atom stereocenters. The maximum absolute atomic E-state index is 11.5. The molecule has 0 aromatic heterocycles. The summed E-state index contributed by atoms with van der Waals surface area (Å²) in [5.41, 5.74) is 6.90. The molecule has 0 amide bonds. The lowest BCUT2D eigenvalue weighted by Crippen LogP contribution is -2.40. The molecule has 0 bridgehead atoms. The molecule has 1 unspecified atom stereocenters. The quantitative estimate of drug-likeness (QED) is 0.806. The highest BCUT2D eigenvalue weighted by Crippen LogP contribution is 2.31. The van der Waals surface area contributed by atoms with Crippen molar-refractivity contribution >= 4 is 21.4 Å². The Morgan fingerprint density at radius 1 is 1.45 bits per heavy atom. The first-order valence-corrected chi connectivity index (χ1v) is 8.26. The zero-order valence-electron chi connectivity index (χ0n) is 11.6. The highest BCUT2D eigenvalue weighted by Gasteiger charge is 2.24. The lowest BCUT2D eigenvalue weighted by Gasteiger charge is -2.35. The number of rotatable bonds is 4. The largest absolute Gasteiger partial charge is 0.396 e. The molecule has 2 rings (SSSR count). The van der Waals surface area contributed by atoms with Gasteiger partial charge in [0.25, 0.3) is 0 Å². The van der Waals surface area contributed by atoms with Crippen LogP contribution in [0.1, 0.15) is 19.8 Å². The lowest BCUT2D eigenvalue weighted by molar-refractivity contribution is 0.0527. The minimum atomic E-state index is -3.80. The number of hydrogen-bond acceptors (Lipinski definition) is 5. The molecule has 7 heteroatoms. The third-order valence-electron chi connectivity index (χ3n) is 3.47. The van der Waals surface area contributed by atoms with Crippen molar-refractivity contribution in [2.45, 2.75) is 30.8 Å². The van der Waals surface area contributed by atoms with Gasteiger partial charge in [0.2, 0.25) is 10.0 Å². The first-order valence-electron chi connectivity index (χ1n) is 6.71. The van der Waals surface area contributed by atoms with Crippen LogP contribution in [0.4, 0.5) is 11.4 Å². The Kier molecular flexibility index (Phi) is 4.52. The SMILES string of the molecule is CCOC1CCCN(c2cccc(S(N)(=O)=O)c2N)C1. The molecule has 1 saturated heterocycles. The smallest absolute Gasteiger partial charge is 0.240 e. The number of piperidine rings is 1. The Hall–Kier alpha value is -1.31. The van der Waals surface area contributed by atoms with E-state index < -0.39 is 10.0 Å². The number of nitrogen functional groups attached to an aromatic ring is 1. The molecule has 1 aromatic rings. The van der Waals surface area contributed by atoms with E-state index in [2.05, 4.69) is 4.90 Å². The molecule has 0 aliphatic carbocycles. The lowest BCUT2D eigenvalue weighted by atomic mass is 10.1. The molecule has 1 aliphatic heterocycles. The second kappa shape index (κ2) is 5.99. The molecule has 1 aromatic carbocycles. The van der Waals surface area contributed by atoms with Crippen molar-refractivity contribution in [1.82, 2.24) is 0 Å². The molecule has 6 nitrogen and oxygen atoms in total. The van der Waals surface area contributed by atoms with E-state index in [0.29, 0.717) is 18.8 Å². The van der Waals surface area contributed by atoms with Crippen LogP contribution in [-0.2, 0) is 14.8 Å². The van der Waals surface area contributed by atoms with Crippen LogP contribution < -0.4 is 15.8 Å². The van der Waals surface area contributed by atoms with Crippen molar-refractivity contribution in [3.8, 4) is 0 Å². The number of nitrogens with two attached hydrogens (primary N) is 2. The van der Waals surface area contributed by atoms with E-state index in [9.17, 15) is 8.42 Å². The van der Waals surface area contributed by atoms with Gasteiger partial charge in [-0.05, 0) is 31.9 Å². The van der Waals surface area contributed by atoms with Crippen LogP contribution in [0.3, 0.4) is 0 Å². The summed E-state index contributed by atoms with van der Waals surface area (Å²) in [6.45, 7) is 4.19. The van der Waals surface area contributed by atoms with Crippen LogP contribution in [0.2, 0.25) is 0 Å². The Labute approximate surface area is 119 Å². The van der Waals surface area contributed by atoms with E-state index in [4.69, 9.17) is 15.6 Å². The molecule has 20 heavy (non-hydrogen) atoms. The fraction of sp³-hybridized carbons (Fsp3) is 0.538. The zero-order valence-corrected chi connectivity index (χ0v) is 12.4. The van der Waals surface area contributed by atoms with Crippen LogP contribution in [0.5, 0.6) is 0 Å². The minimum absolute atomic E-state index is 0.0199. The zero-order chi connectivity index (χ0) is 14.8. The second-order valence-electron chi connectivity index (χ2n) is 4.90. The topological polar surface area (TPSA) is 98.6 Å². The number of sulfonamides is 1. The summed E-state index contributed by atoms with van der Waals surface area (Å²) in [4.78, 5) is 2.04. The molecular weight excluding hydrogens is 278 g/mol.